The minimum absolute atomic E-state index is 0.0718. The van der Waals surface area contributed by atoms with Gasteiger partial charge in [0.05, 0.1) is 0 Å². The number of fused-ring (bicyclic) bond motifs is 1. The Bertz CT molecular complexity index is 460. The fraction of sp³-hybridized carbons (Fsp3) is 0.500. The van der Waals surface area contributed by atoms with Crippen LogP contribution >= 0.6 is 0 Å². The Morgan fingerprint density at radius 1 is 1.44 bits per heavy atom. The van der Waals surface area contributed by atoms with E-state index in [1.807, 2.05) is 24.3 Å². The maximum Gasteiger partial charge on any atom is 0.246 e. The first-order chi connectivity index (χ1) is 8.74. The Hall–Kier alpha value is -1.39. The van der Waals surface area contributed by atoms with Crippen molar-refractivity contribution >= 4 is 11.6 Å². The van der Waals surface area contributed by atoms with Crippen LogP contribution in [0.1, 0.15) is 18.0 Å². The molecule has 0 spiro atoms. The summed E-state index contributed by atoms with van der Waals surface area (Å²) >= 11 is 0. The number of nitrogens with zero attached hydrogens (tertiary/aromatic N) is 1. The van der Waals surface area contributed by atoms with Crippen molar-refractivity contribution in [2.75, 3.05) is 32.0 Å². The molecule has 0 aromatic heterocycles. The van der Waals surface area contributed by atoms with Crippen LogP contribution in [0.2, 0.25) is 0 Å². The lowest BCUT2D eigenvalue weighted by Gasteiger charge is -2.15. The largest absolute Gasteiger partial charge is 0.324 e. The molecule has 1 fully saturated rings. The maximum absolute atomic E-state index is 11.9. The molecule has 2 atom stereocenters. The summed E-state index contributed by atoms with van der Waals surface area (Å²) in [6.07, 6.45) is 1.22. The standard InChI is InChI=1S/C14H19N3O/c1-17-7-6-10(9-17)8-15-13-11-4-2-3-5-12(11)16-14(13)18/h2-5,10,13,15H,6-9H2,1H3,(H,16,18). The average Bonchev–Trinajstić information content (AvgIpc) is 2.90. The Kier molecular flexibility index (Phi) is 3.06. The van der Waals surface area contributed by atoms with E-state index in [0.29, 0.717) is 5.92 Å². The molecule has 0 aliphatic carbocycles. The third kappa shape index (κ3) is 2.13. The van der Waals surface area contributed by atoms with Gasteiger partial charge in [-0.1, -0.05) is 18.2 Å². The van der Waals surface area contributed by atoms with Crippen molar-refractivity contribution < 1.29 is 4.79 Å². The average molecular weight is 245 g/mol. The number of carbonyl (C=O) groups excluding carboxylic acids is 1. The van der Waals surface area contributed by atoms with Crippen LogP contribution in [0.15, 0.2) is 24.3 Å². The van der Waals surface area contributed by atoms with Gasteiger partial charge < -0.3 is 15.5 Å². The fourth-order valence-electron chi connectivity index (χ4n) is 2.89. The van der Waals surface area contributed by atoms with Crippen molar-refractivity contribution in [2.45, 2.75) is 12.5 Å². The SMILES string of the molecule is CN1CCC(CNC2C(=O)Nc3ccccc32)C1. The third-order valence-electron chi connectivity index (χ3n) is 3.89. The molecule has 3 rings (SSSR count). The summed E-state index contributed by atoms with van der Waals surface area (Å²) in [6.45, 7) is 3.21. The van der Waals surface area contributed by atoms with Gasteiger partial charge in [0.15, 0.2) is 0 Å². The van der Waals surface area contributed by atoms with E-state index in [4.69, 9.17) is 0 Å². The minimum atomic E-state index is -0.174. The van der Waals surface area contributed by atoms with Crippen LogP contribution in [0.4, 0.5) is 5.69 Å². The summed E-state index contributed by atoms with van der Waals surface area (Å²) in [6, 6.07) is 7.74. The molecule has 2 N–H and O–H groups in total. The number of hydrogen-bond donors (Lipinski definition) is 2. The number of nitrogens with one attached hydrogen (secondary N) is 2. The van der Waals surface area contributed by atoms with Crippen molar-refractivity contribution in [3.8, 4) is 0 Å². The first-order valence-corrected chi connectivity index (χ1v) is 6.56. The van der Waals surface area contributed by atoms with Crippen LogP contribution in [-0.4, -0.2) is 37.5 Å². The van der Waals surface area contributed by atoms with Crippen LogP contribution < -0.4 is 10.6 Å². The molecular weight excluding hydrogens is 226 g/mol. The van der Waals surface area contributed by atoms with Gasteiger partial charge in [-0.15, -0.1) is 0 Å². The molecule has 96 valence electrons. The molecule has 0 bridgehead atoms. The van der Waals surface area contributed by atoms with E-state index in [-0.39, 0.29) is 11.9 Å². The Balaban J connectivity index is 1.64. The molecule has 1 aromatic rings. The summed E-state index contributed by atoms with van der Waals surface area (Å²) < 4.78 is 0. The van der Waals surface area contributed by atoms with Crippen molar-refractivity contribution in [1.82, 2.24) is 10.2 Å². The Morgan fingerprint density at radius 2 is 2.28 bits per heavy atom. The second-order valence-corrected chi connectivity index (χ2v) is 5.33. The number of likely N-dealkylation sites (tertiary alicyclic amines) is 1. The van der Waals surface area contributed by atoms with Gasteiger partial charge in [0.2, 0.25) is 5.91 Å². The lowest BCUT2D eigenvalue weighted by atomic mass is 10.1. The highest BCUT2D eigenvalue weighted by molar-refractivity contribution is 6.02. The molecule has 4 heteroatoms. The van der Waals surface area contributed by atoms with Gasteiger partial charge >= 0.3 is 0 Å². The monoisotopic (exact) mass is 245 g/mol. The van der Waals surface area contributed by atoms with Gasteiger partial charge in [-0.25, -0.2) is 0 Å². The fourth-order valence-corrected chi connectivity index (χ4v) is 2.89. The second-order valence-electron chi connectivity index (χ2n) is 5.33. The number of amides is 1. The van der Waals surface area contributed by atoms with Crippen molar-refractivity contribution in [2.24, 2.45) is 5.92 Å². The maximum atomic E-state index is 11.9. The van der Waals surface area contributed by atoms with Crippen molar-refractivity contribution in [3.63, 3.8) is 0 Å². The summed E-state index contributed by atoms with van der Waals surface area (Å²) in [4.78, 5) is 14.3. The molecule has 4 nitrogen and oxygen atoms in total. The highest BCUT2D eigenvalue weighted by Gasteiger charge is 2.30. The number of rotatable bonds is 3. The minimum Gasteiger partial charge on any atom is -0.324 e. The Labute approximate surface area is 107 Å². The third-order valence-corrected chi connectivity index (χ3v) is 3.89. The molecule has 1 aromatic carbocycles. The first-order valence-electron chi connectivity index (χ1n) is 6.56. The van der Waals surface area contributed by atoms with Gasteiger partial charge in [-0.3, -0.25) is 4.79 Å². The lowest BCUT2D eigenvalue weighted by Crippen LogP contribution is -2.32. The number of para-hydroxylation sites is 1. The predicted octanol–water partition coefficient (Wildman–Crippen LogP) is 1.22. The van der Waals surface area contributed by atoms with Crippen molar-refractivity contribution in [1.29, 1.82) is 0 Å². The summed E-state index contributed by atoms with van der Waals surface area (Å²) in [5.41, 5.74) is 2.03. The van der Waals surface area contributed by atoms with E-state index in [1.165, 1.54) is 13.0 Å². The molecular formula is C14H19N3O. The van der Waals surface area contributed by atoms with E-state index >= 15 is 0 Å². The smallest absolute Gasteiger partial charge is 0.246 e. The zero-order valence-corrected chi connectivity index (χ0v) is 10.6. The molecule has 2 aliphatic heterocycles. The summed E-state index contributed by atoms with van der Waals surface area (Å²) in [5.74, 6) is 0.734. The van der Waals surface area contributed by atoms with E-state index < -0.39 is 0 Å². The Morgan fingerprint density at radius 3 is 3.06 bits per heavy atom. The normalized spacial score (nSPS) is 27.3. The number of anilines is 1. The molecule has 1 amide bonds. The van der Waals surface area contributed by atoms with E-state index in [0.717, 1.165) is 24.3 Å². The first kappa shape index (κ1) is 11.7. The molecule has 18 heavy (non-hydrogen) atoms. The number of benzene rings is 1. The van der Waals surface area contributed by atoms with Gasteiger partial charge in [-0.05, 0) is 32.0 Å². The number of hydrogen-bond acceptors (Lipinski definition) is 3. The van der Waals surface area contributed by atoms with Gasteiger partial charge in [0.1, 0.15) is 6.04 Å². The van der Waals surface area contributed by atoms with Crippen molar-refractivity contribution in [3.05, 3.63) is 29.8 Å². The highest BCUT2D eigenvalue weighted by Crippen LogP contribution is 2.30. The molecule has 0 saturated carbocycles. The molecule has 0 radical (unpaired) electrons. The molecule has 1 saturated heterocycles. The highest BCUT2D eigenvalue weighted by atomic mass is 16.2. The molecule has 2 unspecified atom stereocenters. The summed E-state index contributed by atoms with van der Waals surface area (Å²) in [7, 11) is 2.15. The van der Waals surface area contributed by atoms with E-state index in [1.54, 1.807) is 0 Å². The number of carbonyl (C=O) groups is 1. The molecule has 2 aliphatic rings. The van der Waals surface area contributed by atoms with Gasteiger partial charge in [-0.2, -0.15) is 0 Å². The van der Waals surface area contributed by atoms with E-state index in [2.05, 4.69) is 22.6 Å². The van der Waals surface area contributed by atoms with Gasteiger partial charge in [0.25, 0.3) is 0 Å². The topological polar surface area (TPSA) is 44.4 Å². The predicted molar refractivity (Wildman–Crippen MR) is 71.4 cm³/mol. The van der Waals surface area contributed by atoms with Crippen LogP contribution in [0.3, 0.4) is 0 Å². The van der Waals surface area contributed by atoms with E-state index in [9.17, 15) is 4.79 Å². The van der Waals surface area contributed by atoms with Crippen LogP contribution in [0, 0.1) is 5.92 Å². The lowest BCUT2D eigenvalue weighted by molar-refractivity contribution is -0.117. The summed E-state index contributed by atoms with van der Waals surface area (Å²) in [5, 5.41) is 6.33. The van der Waals surface area contributed by atoms with Crippen LogP contribution in [0.5, 0.6) is 0 Å². The van der Waals surface area contributed by atoms with Gasteiger partial charge in [0, 0.05) is 24.3 Å². The second kappa shape index (κ2) is 4.71. The van der Waals surface area contributed by atoms with Crippen LogP contribution in [-0.2, 0) is 4.79 Å². The quantitative estimate of drug-likeness (QED) is 0.841. The molecule has 2 heterocycles. The van der Waals surface area contributed by atoms with Crippen LogP contribution in [0.25, 0.3) is 0 Å². The zero-order valence-electron chi connectivity index (χ0n) is 10.6. The zero-order chi connectivity index (χ0) is 12.5.